The Balaban J connectivity index is 0.00000243. The first-order valence-corrected chi connectivity index (χ1v) is 9.30. The molecule has 0 spiro atoms. The molecule has 8 nitrogen and oxygen atoms in total. The smallest absolute Gasteiger partial charge is 0.194 e. The lowest BCUT2D eigenvalue weighted by atomic mass is 10.3. The Morgan fingerprint density at radius 1 is 1.15 bits per heavy atom. The normalized spacial score (nSPS) is 20.0. The number of aliphatic imine (C=N–C) groups is 1. The second-order valence-corrected chi connectivity index (χ2v) is 6.44. The highest BCUT2D eigenvalue weighted by Crippen LogP contribution is 2.07. The van der Waals surface area contributed by atoms with Gasteiger partial charge < -0.3 is 19.5 Å². The van der Waals surface area contributed by atoms with E-state index in [4.69, 9.17) is 14.3 Å². The van der Waals surface area contributed by atoms with E-state index < -0.39 is 0 Å². The van der Waals surface area contributed by atoms with Crippen LogP contribution in [0.3, 0.4) is 0 Å². The van der Waals surface area contributed by atoms with E-state index in [2.05, 4.69) is 32.1 Å². The van der Waals surface area contributed by atoms with Crippen LogP contribution in [-0.2, 0) is 11.3 Å². The number of hydrogen-bond donors (Lipinski definition) is 1. The maximum absolute atomic E-state index is 5.40. The van der Waals surface area contributed by atoms with Crippen LogP contribution in [0.2, 0.25) is 0 Å². The van der Waals surface area contributed by atoms with E-state index in [1.807, 2.05) is 6.07 Å². The first-order valence-electron chi connectivity index (χ1n) is 9.30. The van der Waals surface area contributed by atoms with Gasteiger partial charge in [0, 0.05) is 65.0 Å². The van der Waals surface area contributed by atoms with Gasteiger partial charge in [-0.05, 0) is 6.92 Å². The molecular weight excluding hydrogens is 447 g/mol. The lowest BCUT2D eigenvalue weighted by Gasteiger charge is -2.36. The molecule has 2 aliphatic heterocycles. The summed E-state index contributed by atoms with van der Waals surface area (Å²) in [5.74, 6) is 1.04. The van der Waals surface area contributed by atoms with E-state index in [1.54, 1.807) is 6.26 Å². The predicted molar refractivity (Wildman–Crippen MR) is 112 cm³/mol. The van der Waals surface area contributed by atoms with Gasteiger partial charge in [0.2, 0.25) is 0 Å². The fraction of sp³-hybridized carbons (Fsp3) is 0.765. The van der Waals surface area contributed by atoms with Crippen molar-refractivity contribution in [1.82, 2.24) is 25.2 Å². The quantitative estimate of drug-likeness (QED) is 0.367. The third kappa shape index (κ3) is 6.67. The number of guanidine groups is 1. The zero-order chi connectivity index (χ0) is 17.3. The standard InChI is InChI=1S/C17H30N6O2.HI/c1-2-18-17(19-4-5-21-10-13-24-14-11-21)23-8-6-22(7-9-23)15-16-3-12-25-20-16;/h3,12H,2,4-11,13-15H2,1H3,(H,18,19);1H. The fourth-order valence-corrected chi connectivity index (χ4v) is 3.21. The number of piperazine rings is 1. The summed E-state index contributed by atoms with van der Waals surface area (Å²) >= 11 is 0. The van der Waals surface area contributed by atoms with Gasteiger partial charge in [-0.2, -0.15) is 0 Å². The second-order valence-electron chi connectivity index (χ2n) is 6.44. The third-order valence-electron chi connectivity index (χ3n) is 4.67. The summed E-state index contributed by atoms with van der Waals surface area (Å²) in [6.45, 7) is 13.5. The topological polar surface area (TPSA) is 69.4 Å². The van der Waals surface area contributed by atoms with Crippen molar-refractivity contribution < 1.29 is 9.26 Å². The zero-order valence-corrected chi connectivity index (χ0v) is 17.9. The third-order valence-corrected chi connectivity index (χ3v) is 4.67. The summed E-state index contributed by atoms with van der Waals surface area (Å²) in [7, 11) is 0. The van der Waals surface area contributed by atoms with E-state index in [0.717, 1.165) is 90.3 Å². The Hall–Kier alpha value is -0.910. The van der Waals surface area contributed by atoms with Gasteiger partial charge in [-0.25, -0.2) is 0 Å². The average molecular weight is 478 g/mol. The van der Waals surface area contributed by atoms with Crippen LogP contribution in [-0.4, -0.2) is 97.9 Å². The van der Waals surface area contributed by atoms with Crippen molar-refractivity contribution in [2.24, 2.45) is 4.99 Å². The number of morpholine rings is 1. The summed E-state index contributed by atoms with van der Waals surface area (Å²) < 4.78 is 10.3. The predicted octanol–water partition coefficient (Wildman–Crippen LogP) is 0.708. The molecule has 1 aromatic rings. The van der Waals surface area contributed by atoms with Crippen LogP contribution in [0.4, 0.5) is 0 Å². The fourth-order valence-electron chi connectivity index (χ4n) is 3.21. The minimum absolute atomic E-state index is 0. The maximum atomic E-state index is 5.40. The molecule has 0 aliphatic carbocycles. The molecule has 0 atom stereocenters. The SMILES string of the molecule is CCNC(=NCCN1CCOCC1)N1CCN(Cc2ccon2)CC1.I. The Labute approximate surface area is 172 Å². The molecule has 0 radical (unpaired) electrons. The van der Waals surface area contributed by atoms with Crippen LogP contribution in [0.1, 0.15) is 12.6 Å². The van der Waals surface area contributed by atoms with E-state index in [-0.39, 0.29) is 24.0 Å². The van der Waals surface area contributed by atoms with Gasteiger partial charge in [-0.15, -0.1) is 24.0 Å². The number of nitrogens with zero attached hydrogens (tertiary/aromatic N) is 5. The van der Waals surface area contributed by atoms with Crippen LogP contribution in [0.25, 0.3) is 0 Å². The number of hydrogen-bond acceptors (Lipinski definition) is 6. The Bertz CT molecular complexity index is 513. The molecule has 2 aliphatic rings. The summed E-state index contributed by atoms with van der Waals surface area (Å²) in [6, 6.07) is 1.93. The molecule has 0 bridgehead atoms. The first kappa shape index (κ1) is 21.4. The van der Waals surface area contributed by atoms with E-state index in [1.165, 1.54) is 0 Å². The highest BCUT2D eigenvalue weighted by molar-refractivity contribution is 14.0. The monoisotopic (exact) mass is 478 g/mol. The minimum atomic E-state index is 0. The average Bonchev–Trinajstić information content (AvgIpc) is 3.16. The summed E-state index contributed by atoms with van der Waals surface area (Å²) in [5.41, 5.74) is 1.000. The molecule has 148 valence electrons. The van der Waals surface area contributed by atoms with Crippen LogP contribution in [0, 0.1) is 0 Å². The molecule has 1 aromatic heterocycles. The van der Waals surface area contributed by atoms with Crippen molar-refractivity contribution in [2.75, 3.05) is 72.1 Å². The van der Waals surface area contributed by atoms with Crippen LogP contribution in [0.15, 0.2) is 21.8 Å². The van der Waals surface area contributed by atoms with Gasteiger partial charge in [0.05, 0.1) is 25.5 Å². The molecule has 0 amide bonds. The van der Waals surface area contributed by atoms with E-state index in [0.29, 0.717) is 0 Å². The van der Waals surface area contributed by atoms with Crippen molar-refractivity contribution in [2.45, 2.75) is 13.5 Å². The van der Waals surface area contributed by atoms with Gasteiger partial charge in [0.25, 0.3) is 0 Å². The zero-order valence-electron chi connectivity index (χ0n) is 15.6. The Morgan fingerprint density at radius 2 is 1.92 bits per heavy atom. The lowest BCUT2D eigenvalue weighted by molar-refractivity contribution is 0.0394. The number of halogens is 1. The molecule has 1 N–H and O–H groups in total. The van der Waals surface area contributed by atoms with Gasteiger partial charge in [0.1, 0.15) is 6.26 Å². The molecule has 9 heteroatoms. The molecule has 26 heavy (non-hydrogen) atoms. The number of ether oxygens (including phenoxy) is 1. The molecule has 0 aromatic carbocycles. The van der Waals surface area contributed by atoms with Crippen molar-refractivity contribution in [3.63, 3.8) is 0 Å². The lowest BCUT2D eigenvalue weighted by Crippen LogP contribution is -2.52. The van der Waals surface area contributed by atoms with Crippen molar-refractivity contribution in [3.05, 3.63) is 18.0 Å². The Morgan fingerprint density at radius 3 is 2.58 bits per heavy atom. The highest BCUT2D eigenvalue weighted by Gasteiger charge is 2.20. The van der Waals surface area contributed by atoms with Crippen molar-refractivity contribution in [1.29, 1.82) is 0 Å². The summed E-state index contributed by atoms with van der Waals surface area (Å²) in [6.07, 6.45) is 1.63. The largest absolute Gasteiger partial charge is 0.379 e. The van der Waals surface area contributed by atoms with Gasteiger partial charge in [0.15, 0.2) is 5.96 Å². The van der Waals surface area contributed by atoms with Crippen LogP contribution >= 0.6 is 24.0 Å². The molecule has 2 fully saturated rings. The number of nitrogens with one attached hydrogen (secondary N) is 1. The first-order chi connectivity index (χ1) is 12.3. The molecule has 0 unspecified atom stereocenters. The van der Waals surface area contributed by atoms with E-state index in [9.17, 15) is 0 Å². The number of aromatic nitrogens is 1. The number of rotatable bonds is 6. The van der Waals surface area contributed by atoms with Crippen molar-refractivity contribution >= 4 is 29.9 Å². The second kappa shape index (κ2) is 11.7. The highest BCUT2D eigenvalue weighted by atomic mass is 127. The van der Waals surface area contributed by atoms with Crippen LogP contribution < -0.4 is 5.32 Å². The van der Waals surface area contributed by atoms with Gasteiger partial charge in [-0.3, -0.25) is 14.8 Å². The molecular formula is C17H31IN6O2. The Kier molecular flexibility index (Phi) is 9.65. The summed E-state index contributed by atoms with van der Waals surface area (Å²) in [4.78, 5) is 12.0. The molecule has 3 rings (SSSR count). The summed E-state index contributed by atoms with van der Waals surface area (Å²) in [5, 5.41) is 7.44. The minimum Gasteiger partial charge on any atom is -0.379 e. The van der Waals surface area contributed by atoms with Gasteiger partial charge in [-0.1, -0.05) is 5.16 Å². The van der Waals surface area contributed by atoms with Crippen LogP contribution in [0.5, 0.6) is 0 Å². The van der Waals surface area contributed by atoms with E-state index >= 15 is 0 Å². The van der Waals surface area contributed by atoms with Crippen molar-refractivity contribution in [3.8, 4) is 0 Å². The van der Waals surface area contributed by atoms with Gasteiger partial charge >= 0.3 is 0 Å². The molecule has 3 heterocycles. The maximum Gasteiger partial charge on any atom is 0.194 e. The molecule has 0 saturated carbocycles. The molecule has 2 saturated heterocycles.